The number of hydrogen-bond donors (Lipinski definition) is 1. The van der Waals surface area contributed by atoms with Gasteiger partial charge in [0.2, 0.25) is 0 Å². The molecule has 0 aromatic carbocycles. The van der Waals surface area contributed by atoms with Crippen molar-refractivity contribution in [2.75, 3.05) is 38.2 Å². The van der Waals surface area contributed by atoms with Gasteiger partial charge in [0.15, 0.2) is 9.84 Å². The van der Waals surface area contributed by atoms with Gasteiger partial charge in [-0.05, 0) is 38.4 Å². The first kappa shape index (κ1) is 12.3. The van der Waals surface area contributed by atoms with E-state index >= 15 is 0 Å². The Balaban J connectivity index is 1.86. The van der Waals surface area contributed by atoms with E-state index in [4.69, 9.17) is 0 Å². The van der Waals surface area contributed by atoms with Crippen LogP contribution in [0.15, 0.2) is 0 Å². The van der Waals surface area contributed by atoms with E-state index in [0.717, 1.165) is 26.1 Å². The third-order valence-electron chi connectivity index (χ3n) is 4.03. The average Bonchev–Trinajstić information content (AvgIpc) is 2.74. The van der Waals surface area contributed by atoms with Gasteiger partial charge in [0.25, 0.3) is 0 Å². The van der Waals surface area contributed by atoms with Crippen LogP contribution in [0.3, 0.4) is 0 Å². The largest absolute Gasteiger partial charge is 0.316 e. The lowest BCUT2D eigenvalue weighted by atomic mass is 9.97. The smallest absolute Gasteiger partial charge is 0.151 e. The average molecular weight is 246 g/mol. The zero-order valence-electron chi connectivity index (χ0n) is 10.1. The third kappa shape index (κ3) is 2.76. The predicted molar refractivity (Wildman–Crippen MR) is 65.2 cm³/mol. The Morgan fingerprint density at radius 1 is 1.38 bits per heavy atom. The van der Waals surface area contributed by atoms with Crippen molar-refractivity contribution in [2.45, 2.75) is 19.4 Å². The highest BCUT2D eigenvalue weighted by Gasteiger charge is 2.33. The molecule has 0 aromatic heterocycles. The summed E-state index contributed by atoms with van der Waals surface area (Å²) in [4.78, 5) is 2.25. The molecule has 0 amide bonds. The molecule has 2 saturated heterocycles. The summed E-state index contributed by atoms with van der Waals surface area (Å²) in [6.07, 6.45) is 0.813. The maximum absolute atomic E-state index is 11.4. The van der Waals surface area contributed by atoms with Crippen molar-refractivity contribution in [3.8, 4) is 0 Å². The number of nitrogens with zero attached hydrogens (tertiary/aromatic N) is 1. The molecule has 4 nitrogen and oxygen atoms in total. The van der Waals surface area contributed by atoms with E-state index in [1.807, 2.05) is 0 Å². The molecule has 2 aliphatic heterocycles. The van der Waals surface area contributed by atoms with Gasteiger partial charge in [0, 0.05) is 12.6 Å². The van der Waals surface area contributed by atoms with Gasteiger partial charge in [-0.1, -0.05) is 6.92 Å². The van der Waals surface area contributed by atoms with Crippen molar-refractivity contribution >= 4 is 9.84 Å². The fraction of sp³-hybridized carbons (Fsp3) is 1.00. The van der Waals surface area contributed by atoms with Crippen LogP contribution in [0.5, 0.6) is 0 Å². The molecule has 0 aliphatic carbocycles. The van der Waals surface area contributed by atoms with Crippen molar-refractivity contribution in [2.24, 2.45) is 11.8 Å². The van der Waals surface area contributed by atoms with Gasteiger partial charge < -0.3 is 10.2 Å². The molecule has 0 spiro atoms. The van der Waals surface area contributed by atoms with E-state index < -0.39 is 9.84 Å². The summed E-state index contributed by atoms with van der Waals surface area (Å²) >= 11 is 0. The van der Waals surface area contributed by atoms with Crippen LogP contribution in [-0.2, 0) is 9.84 Å². The lowest BCUT2D eigenvalue weighted by molar-refractivity contribution is 0.210. The van der Waals surface area contributed by atoms with Crippen LogP contribution >= 0.6 is 0 Å². The molecule has 0 saturated carbocycles. The third-order valence-corrected chi connectivity index (χ3v) is 5.78. The van der Waals surface area contributed by atoms with Crippen molar-refractivity contribution in [3.63, 3.8) is 0 Å². The van der Waals surface area contributed by atoms with E-state index in [2.05, 4.69) is 24.2 Å². The Morgan fingerprint density at radius 3 is 2.62 bits per heavy atom. The minimum Gasteiger partial charge on any atom is -0.316 e. The SMILES string of the molecule is C[C@@H]1CNC[C@H]1CN(C)C1CCS(=O)(=O)C1. The number of rotatable bonds is 3. The maximum atomic E-state index is 11.4. The van der Waals surface area contributed by atoms with Crippen LogP contribution < -0.4 is 5.32 Å². The first-order valence-electron chi connectivity index (χ1n) is 6.09. The fourth-order valence-corrected chi connectivity index (χ4v) is 4.56. The monoisotopic (exact) mass is 246 g/mol. The van der Waals surface area contributed by atoms with E-state index in [9.17, 15) is 8.42 Å². The summed E-state index contributed by atoms with van der Waals surface area (Å²) in [6.45, 7) is 5.46. The zero-order chi connectivity index (χ0) is 11.8. The Labute approximate surface area is 98.3 Å². The minimum atomic E-state index is -2.74. The highest BCUT2D eigenvalue weighted by Crippen LogP contribution is 2.21. The van der Waals surface area contributed by atoms with Crippen molar-refractivity contribution in [1.82, 2.24) is 10.2 Å². The van der Waals surface area contributed by atoms with Crippen LogP contribution in [0.25, 0.3) is 0 Å². The van der Waals surface area contributed by atoms with Crippen LogP contribution in [0, 0.1) is 11.8 Å². The lowest BCUT2D eigenvalue weighted by Gasteiger charge is -2.27. The van der Waals surface area contributed by atoms with E-state index in [-0.39, 0.29) is 6.04 Å². The quantitative estimate of drug-likeness (QED) is 0.759. The topological polar surface area (TPSA) is 49.4 Å². The summed E-state index contributed by atoms with van der Waals surface area (Å²) in [5.74, 6) is 2.12. The van der Waals surface area contributed by atoms with Gasteiger partial charge in [0.05, 0.1) is 11.5 Å². The molecule has 16 heavy (non-hydrogen) atoms. The minimum absolute atomic E-state index is 0.248. The second-order valence-corrected chi connectivity index (χ2v) is 7.62. The standard InChI is InChI=1S/C11H22N2O2S/c1-9-5-12-6-10(9)7-13(2)11-3-4-16(14,15)8-11/h9-12H,3-8H2,1-2H3/t9-,10+,11?/m1/s1. The van der Waals surface area contributed by atoms with Crippen LogP contribution in [0.2, 0.25) is 0 Å². The molecule has 1 unspecified atom stereocenters. The molecule has 2 rings (SSSR count). The van der Waals surface area contributed by atoms with E-state index in [0.29, 0.717) is 23.3 Å². The highest BCUT2D eigenvalue weighted by atomic mass is 32.2. The molecule has 2 fully saturated rings. The first-order chi connectivity index (χ1) is 7.48. The molecule has 1 N–H and O–H groups in total. The molecule has 94 valence electrons. The molecule has 3 atom stereocenters. The Morgan fingerprint density at radius 2 is 2.12 bits per heavy atom. The summed E-state index contributed by atoms with van der Waals surface area (Å²) in [7, 11) is -0.679. The molecule has 2 heterocycles. The first-order valence-corrected chi connectivity index (χ1v) is 7.91. The van der Waals surface area contributed by atoms with Gasteiger partial charge >= 0.3 is 0 Å². The van der Waals surface area contributed by atoms with Gasteiger partial charge in [-0.25, -0.2) is 8.42 Å². The van der Waals surface area contributed by atoms with Crippen molar-refractivity contribution in [3.05, 3.63) is 0 Å². The molecular formula is C11H22N2O2S. The summed E-state index contributed by atoms with van der Waals surface area (Å²) in [5.41, 5.74) is 0. The van der Waals surface area contributed by atoms with Crippen LogP contribution in [0.4, 0.5) is 0 Å². The summed E-state index contributed by atoms with van der Waals surface area (Å²) in [5, 5.41) is 3.39. The van der Waals surface area contributed by atoms with Gasteiger partial charge in [-0.15, -0.1) is 0 Å². The Bertz CT molecular complexity index is 342. The summed E-state index contributed by atoms with van der Waals surface area (Å²) in [6, 6.07) is 0.248. The highest BCUT2D eigenvalue weighted by molar-refractivity contribution is 7.91. The molecule has 0 bridgehead atoms. The second-order valence-electron chi connectivity index (χ2n) is 5.39. The number of sulfone groups is 1. The maximum Gasteiger partial charge on any atom is 0.151 e. The lowest BCUT2D eigenvalue weighted by Crippen LogP contribution is -2.38. The van der Waals surface area contributed by atoms with Crippen molar-refractivity contribution in [1.29, 1.82) is 0 Å². The van der Waals surface area contributed by atoms with Crippen molar-refractivity contribution < 1.29 is 8.42 Å². The van der Waals surface area contributed by atoms with Gasteiger partial charge in [-0.3, -0.25) is 0 Å². The fourth-order valence-electron chi connectivity index (χ4n) is 2.75. The second kappa shape index (κ2) is 4.63. The Hall–Kier alpha value is -0.130. The van der Waals surface area contributed by atoms with E-state index in [1.54, 1.807) is 0 Å². The van der Waals surface area contributed by atoms with Gasteiger partial charge in [-0.2, -0.15) is 0 Å². The Kier molecular flexibility index (Phi) is 3.56. The molecule has 0 aromatic rings. The molecule has 2 aliphatic rings. The van der Waals surface area contributed by atoms with Crippen LogP contribution in [0.1, 0.15) is 13.3 Å². The van der Waals surface area contributed by atoms with Crippen LogP contribution in [-0.4, -0.2) is 57.5 Å². The summed E-state index contributed by atoms with van der Waals surface area (Å²) < 4.78 is 22.8. The van der Waals surface area contributed by atoms with E-state index in [1.165, 1.54) is 0 Å². The normalized spacial score (nSPS) is 38.3. The van der Waals surface area contributed by atoms with Gasteiger partial charge in [0.1, 0.15) is 0 Å². The molecule has 5 heteroatoms. The predicted octanol–water partition coefficient (Wildman–Crippen LogP) is -0.0392. The number of nitrogens with one attached hydrogen (secondary N) is 1. The number of hydrogen-bond acceptors (Lipinski definition) is 4. The molecule has 0 radical (unpaired) electrons. The molecular weight excluding hydrogens is 224 g/mol. The zero-order valence-corrected chi connectivity index (χ0v) is 11.0.